The lowest BCUT2D eigenvalue weighted by molar-refractivity contribution is 0.0733. The molecule has 0 saturated heterocycles. The number of carbonyl (C=O) groups excluding carboxylic acids is 1. The van der Waals surface area contributed by atoms with Crippen LogP contribution in [0.5, 0.6) is 11.5 Å². The molecule has 7 heteroatoms. The van der Waals surface area contributed by atoms with Crippen molar-refractivity contribution in [2.75, 3.05) is 13.8 Å². The van der Waals surface area contributed by atoms with Crippen molar-refractivity contribution in [1.82, 2.24) is 14.5 Å². The topological polar surface area (TPSA) is 73.7 Å². The van der Waals surface area contributed by atoms with Crippen molar-refractivity contribution in [2.24, 2.45) is 0 Å². The number of benzene rings is 2. The van der Waals surface area contributed by atoms with Crippen molar-refractivity contribution < 1.29 is 14.3 Å². The first-order valence-corrected chi connectivity index (χ1v) is 10.9. The van der Waals surface area contributed by atoms with E-state index in [2.05, 4.69) is 0 Å². The minimum atomic E-state index is -0.448. The standard InChI is InChI=1S/C26H27N3O4/c1-5-17(2)9-8-14-29-24(27-21-11-7-6-10-20(21)26(29)31)18(3)28(4)25(30)19-12-13-22-23(15-19)33-16-32-22/h5-13,15,18H,14,16H2,1-4H3/b9-8-,17-5-. The lowest BCUT2D eigenvalue weighted by Crippen LogP contribution is -2.35. The highest BCUT2D eigenvalue weighted by molar-refractivity contribution is 5.95. The van der Waals surface area contributed by atoms with E-state index >= 15 is 0 Å². The fourth-order valence-electron chi connectivity index (χ4n) is 3.70. The Labute approximate surface area is 192 Å². The molecule has 0 bridgehead atoms. The summed E-state index contributed by atoms with van der Waals surface area (Å²) in [5, 5.41) is 0.550. The van der Waals surface area contributed by atoms with Gasteiger partial charge in [-0.2, -0.15) is 0 Å². The quantitative estimate of drug-likeness (QED) is 0.523. The van der Waals surface area contributed by atoms with E-state index in [0.29, 0.717) is 40.3 Å². The smallest absolute Gasteiger partial charge is 0.261 e. The lowest BCUT2D eigenvalue weighted by atomic mass is 10.1. The normalized spacial score (nSPS) is 14.1. The largest absolute Gasteiger partial charge is 0.454 e. The predicted molar refractivity (Wildman–Crippen MR) is 128 cm³/mol. The molecule has 1 aromatic heterocycles. The van der Waals surface area contributed by atoms with E-state index in [9.17, 15) is 9.59 Å². The van der Waals surface area contributed by atoms with Crippen molar-refractivity contribution in [1.29, 1.82) is 0 Å². The molecule has 0 fully saturated rings. The van der Waals surface area contributed by atoms with Gasteiger partial charge in [-0.3, -0.25) is 14.2 Å². The number of hydrogen-bond acceptors (Lipinski definition) is 5. The molecule has 7 nitrogen and oxygen atoms in total. The molecule has 0 aliphatic carbocycles. The SMILES string of the molecule is C/C=C(C)\C=C/Cn1c(C(C)N(C)C(=O)c2ccc3c(c2)OCO3)nc2ccccc2c1=O. The van der Waals surface area contributed by atoms with E-state index in [-0.39, 0.29) is 18.3 Å². The Morgan fingerprint density at radius 3 is 2.76 bits per heavy atom. The molecule has 0 spiro atoms. The van der Waals surface area contributed by atoms with E-state index in [0.717, 1.165) is 5.57 Å². The third-order valence-electron chi connectivity index (χ3n) is 5.91. The minimum Gasteiger partial charge on any atom is -0.454 e. The maximum Gasteiger partial charge on any atom is 0.261 e. The van der Waals surface area contributed by atoms with Crippen LogP contribution in [0.1, 0.15) is 43.0 Å². The molecule has 1 unspecified atom stereocenters. The minimum absolute atomic E-state index is 0.130. The average Bonchev–Trinajstić information content (AvgIpc) is 3.31. The molecule has 170 valence electrons. The first-order valence-electron chi connectivity index (χ1n) is 10.9. The van der Waals surface area contributed by atoms with Gasteiger partial charge in [-0.1, -0.05) is 35.9 Å². The van der Waals surface area contributed by atoms with Gasteiger partial charge in [-0.05, 0) is 51.1 Å². The number of para-hydroxylation sites is 1. The summed E-state index contributed by atoms with van der Waals surface area (Å²) in [6.45, 7) is 6.34. The average molecular weight is 446 g/mol. The number of allylic oxidation sites excluding steroid dienone is 4. The Bertz CT molecular complexity index is 1320. The Balaban J connectivity index is 1.72. The lowest BCUT2D eigenvalue weighted by Gasteiger charge is -2.27. The van der Waals surface area contributed by atoms with E-state index in [1.807, 2.05) is 57.2 Å². The Kier molecular flexibility index (Phi) is 6.31. The van der Waals surface area contributed by atoms with Crippen LogP contribution in [0.15, 0.2) is 71.1 Å². The highest BCUT2D eigenvalue weighted by atomic mass is 16.7. The highest BCUT2D eigenvalue weighted by Gasteiger charge is 2.25. The summed E-state index contributed by atoms with van der Waals surface area (Å²) in [5.74, 6) is 1.50. The summed E-state index contributed by atoms with van der Waals surface area (Å²) in [5.41, 5.74) is 2.06. The molecule has 3 aromatic rings. The number of hydrogen-bond donors (Lipinski definition) is 0. The first-order chi connectivity index (χ1) is 15.9. The van der Waals surface area contributed by atoms with Crippen LogP contribution in [0.2, 0.25) is 0 Å². The third-order valence-corrected chi connectivity index (χ3v) is 5.91. The van der Waals surface area contributed by atoms with Crippen LogP contribution in [0.25, 0.3) is 10.9 Å². The van der Waals surface area contributed by atoms with Gasteiger partial charge in [0.05, 0.1) is 16.9 Å². The number of carbonyl (C=O) groups is 1. The van der Waals surface area contributed by atoms with E-state index in [4.69, 9.17) is 14.5 Å². The number of ether oxygens (including phenoxy) is 2. The van der Waals surface area contributed by atoms with Gasteiger partial charge in [-0.15, -0.1) is 0 Å². The summed E-state index contributed by atoms with van der Waals surface area (Å²) in [7, 11) is 1.71. The number of rotatable bonds is 6. The molecule has 2 aromatic carbocycles. The summed E-state index contributed by atoms with van der Waals surface area (Å²) in [6.07, 6.45) is 5.90. The molecule has 1 amide bonds. The van der Waals surface area contributed by atoms with Gasteiger partial charge < -0.3 is 14.4 Å². The molecule has 1 aliphatic rings. The van der Waals surface area contributed by atoms with Gasteiger partial charge in [-0.25, -0.2) is 4.98 Å². The van der Waals surface area contributed by atoms with Gasteiger partial charge in [0.1, 0.15) is 5.82 Å². The van der Waals surface area contributed by atoms with Crippen molar-refractivity contribution in [3.8, 4) is 11.5 Å². The maximum absolute atomic E-state index is 13.3. The van der Waals surface area contributed by atoms with Crippen LogP contribution in [0, 0.1) is 0 Å². The van der Waals surface area contributed by atoms with Crippen LogP contribution in [0.3, 0.4) is 0 Å². The zero-order valence-electron chi connectivity index (χ0n) is 19.2. The fraction of sp³-hybridized carbons (Fsp3) is 0.269. The van der Waals surface area contributed by atoms with Crippen LogP contribution < -0.4 is 15.0 Å². The van der Waals surface area contributed by atoms with Crippen LogP contribution in [-0.4, -0.2) is 34.2 Å². The molecular weight excluding hydrogens is 418 g/mol. The number of fused-ring (bicyclic) bond motifs is 2. The first kappa shape index (κ1) is 22.3. The Hall–Kier alpha value is -3.87. The summed E-state index contributed by atoms with van der Waals surface area (Å²) in [4.78, 5) is 33.0. The van der Waals surface area contributed by atoms with Crippen molar-refractivity contribution >= 4 is 16.8 Å². The van der Waals surface area contributed by atoms with Gasteiger partial charge in [0.2, 0.25) is 6.79 Å². The monoisotopic (exact) mass is 445 g/mol. The number of aromatic nitrogens is 2. The van der Waals surface area contributed by atoms with E-state index in [1.165, 1.54) is 0 Å². The molecule has 33 heavy (non-hydrogen) atoms. The molecule has 2 heterocycles. The van der Waals surface area contributed by atoms with Crippen molar-refractivity contribution in [2.45, 2.75) is 33.4 Å². The fourth-order valence-corrected chi connectivity index (χ4v) is 3.70. The van der Waals surface area contributed by atoms with Gasteiger partial charge >= 0.3 is 0 Å². The Morgan fingerprint density at radius 1 is 1.21 bits per heavy atom. The summed E-state index contributed by atoms with van der Waals surface area (Å²) < 4.78 is 12.4. The second-order valence-electron chi connectivity index (χ2n) is 8.00. The van der Waals surface area contributed by atoms with Crippen LogP contribution >= 0.6 is 0 Å². The molecule has 0 N–H and O–H groups in total. The van der Waals surface area contributed by atoms with E-state index in [1.54, 1.807) is 40.8 Å². The third kappa shape index (κ3) is 4.39. The van der Waals surface area contributed by atoms with Crippen molar-refractivity contribution in [3.63, 3.8) is 0 Å². The maximum atomic E-state index is 13.3. The molecule has 0 radical (unpaired) electrons. The molecule has 4 rings (SSSR count). The van der Waals surface area contributed by atoms with Crippen LogP contribution in [0.4, 0.5) is 0 Å². The molecular formula is C26H27N3O4. The number of nitrogens with zero attached hydrogens (tertiary/aromatic N) is 3. The van der Waals surface area contributed by atoms with Crippen molar-refractivity contribution in [3.05, 3.63) is 88.0 Å². The van der Waals surface area contributed by atoms with E-state index < -0.39 is 6.04 Å². The molecule has 1 aliphatic heterocycles. The second-order valence-corrected chi connectivity index (χ2v) is 8.00. The predicted octanol–water partition coefficient (Wildman–Crippen LogP) is 4.48. The van der Waals surface area contributed by atoms with Gasteiger partial charge in [0.25, 0.3) is 11.5 Å². The summed E-state index contributed by atoms with van der Waals surface area (Å²) >= 11 is 0. The summed E-state index contributed by atoms with van der Waals surface area (Å²) in [6, 6.07) is 11.9. The Morgan fingerprint density at radius 2 is 1.97 bits per heavy atom. The molecule has 0 saturated carbocycles. The second kappa shape index (κ2) is 9.32. The zero-order chi connectivity index (χ0) is 23.5. The van der Waals surface area contributed by atoms with Crippen LogP contribution in [-0.2, 0) is 6.54 Å². The number of amides is 1. The molecule has 1 atom stereocenters. The van der Waals surface area contributed by atoms with Gasteiger partial charge in [0, 0.05) is 19.2 Å². The highest BCUT2D eigenvalue weighted by Crippen LogP contribution is 2.33. The zero-order valence-corrected chi connectivity index (χ0v) is 19.2. The van der Waals surface area contributed by atoms with Gasteiger partial charge in [0.15, 0.2) is 11.5 Å².